The first kappa shape index (κ1) is 15.9. The Kier molecular flexibility index (Phi) is 4.11. The van der Waals surface area contributed by atoms with Gasteiger partial charge in [-0.2, -0.15) is 0 Å². The molecule has 11 heteroatoms. The van der Waals surface area contributed by atoms with E-state index < -0.39 is 39.0 Å². The molecular weight excluding hydrogens is 341 g/mol. The number of fused-ring (bicyclic) bond motifs is 1. The second-order valence-electron chi connectivity index (χ2n) is 3.99. The Bertz CT molecular complexity index is 760. The number of halogens is 2. The van der Waals surface area contributed by atoms with Crippen LogP contribution >= 0.6 is 23.4 Å². The Morgan fingerprint density at radius 3 is 2.59 bits per heavy atom. The predicted octanol–water partition coefficient (Wildman–Crippen LogP) is 1.58. The van der Waals surface area contributed by atoms with Crippen molar-refractivity contribution in [2.75, 3.05) is 4.42 Å². The second kappa shape index (κ2) is 5.70. The van der Waals surface area contributed by atoms with Crippen LogP contribution in [0.15, 0.2) is 17.3 Å². The van der Waals surface area contributed by atoms with E-state index in [9.17, 15) is 24.5 Å². The van der Waals surface area contributed by atoms with Gasteiger partial charge in [-0.1, -0.05) is 16.8 Å². The molecule has 114 valence electrons. The number of carbonyl (C=O) groups excluding carboxylic acids is 3. The molecule has 0 bridgehead atoms. The molecule has 2 rings (SSSR count). The first-order valence-electron chi connectivity index (χ1n) is 5.53. The van der Waals surface area contributed by atoms with Gasteiger partial charge < -0.3 is 4.84 Å². The molecular formula is C11H5Cl2N3O6. The highest BCUT2D eigenvalue weighted by atomic mass is 35.5. The molecule has 0 unspecified atom stereocenters. The summed E-state index contributed by atoms with van der Waals surface area (Å²) >= 11 is 11.6. The van der Waals surface area contributed by atoms with Crippen molar-refractivity contribution >= 4 is 58.1 Å². The van der Waals surface area contributed by atoms with E-state index in [-0.39, 0.29) is 11.3 Å². The fourth-order valence-electron chi connectivity index (χ4n) is 1.70. The van der Waals surface area contributed by atoms with Crippen LogP contribution in [0.4, 0.5) is 11.4 Å². The van der Waals surface area contributed by atoms with Crippen LogP contribution in [0.1, 0.15) is 12.5 Å². The number of carbonyl (C=O) groups is 3. The van der Waals surface area contributed by atoms with Gasteiger partial charge >= 0.3 is 11.9 Å². The van der Waals surface area contributed by atoms with Crippen molar-refractivity contribution in [2.45, 2.75) is 6.92 Å². The number of ketones is 1. The first-order valence-corrected chi connectivity index (χ1v) is 6.24. The maximum absolute atomic E-state index is 11.9. The fraction of sp³-hybridized carbons (Fsp3) is 0.0909. The molecule has 0 fully saturated rings. The minimum absolute atomic E-state index is 0.0900. The van der Waals surface area contributed by atoms with Crippen molar-refractivity contribution < 1.29 is 24.1 Å². The average Bonchev–Trinajstić information content (AvgIpc) is 2.44. The van der Waals surface area contributed by atoms with Crippen molar-refractivity contribution in [3.05, 3.63) is 32.8 Å². The Balaban J connectivity index is 2.76. The standard InChI is InChI=1S/C11H5Cl2N3O6/c1-4(17)22-14-9-7-5(15(13)11(19)10(9)18)2-3-6(8(7)12)16(20)21/h2-3H,1H3. The van der Waals surface area contributed by atoms with Crippen LogP contribution < -0.4 is 4.42 Å². The molecule has 1 aliphatic rings. The normalized spacial score (nSPS) is 15.8. The third-order valence-corrected chi connectivity index (χ3v) is 3.32. The smallest absolute Gasteiger partial charge is 0.318 e. The van der Waals surface area contributed by atoms with Gasteiger partial charge in [-0.15, -0.1) is 0 Å². The SMILES string of the molecule is CC(=O)ON=C1C(=O)C(=O)N(Cl)c2ccc([N+](=O)[O-])c(Cl)c21. The van der Waals surface area contributed by atoms with E-state index in [1.807, 2.05) is 0 Å². The van der Waals surface area contributed by atoms with Crippen LogP contribution in [-0.2, 0) is 19.2 Å². The van der Waals surface area contributed by atoms with Gasteiger partial charge in [0.05, 0.1) is 16.2 Å². The Hall–Kier alpha value is -2.52. The average molecular weight is 346 g/mol. The van der Waals surface area contributed by atoms with E-state index in [1.165, 1.54) is 0 Å². The summed E-state index contributed by atoms with van der Waals surface area (Å²) in [5.74, 6) is -3.24. The van der Waals surface area contributed by atoms with Gasteiger partial charge in [-0.05, 0) is 6.07 Å². The molecule has 0 aliphatic carbocycles. The van der Waals surface area contributed by atoms with Crippen LogP contribution in [0, 0.1) is 10.1 Å². The van der Waals surface area contributed by atoms with Gasteiger partial charge in [0.15, 0.2) is 5.71 Å². The summed E-state index contributed by atoms with van der Waals surface area (Å²) < 4.78 is 0.458. The molecule has 1 amide bonds. The summed E-state index contributed by atoms with van der Waals surface area (Å²) in [4.78, 5) is 48.9. The quantitative estimate of drug-likeness (QED) is 0.264. The predicted molar refractivity (Wildman–Crippen MR) is 74.8 cm³/mol. The summed E-state index contributed by atoms with van der Waals surface area (Å²) in [7, 11) is 0. The number of rotatable bonds is 2. The zero-order valence-corrected chi connectivity index (χ0v) is 12.2. The minimum atomic E-state index is -1.22. The molecule has 0 N–H and O–H groups in total. The van der Waals surface area contributed by atoms with E-state index in [0.717, 1.165) is 19.1 Å². The molecule has 1 aromatic carbocycles. The lowest BCUT2D eigenvalue weighted by Gasteiger charge is -2.23. The van der Waals surface area contributed by atoms with E-state index in [0.29, 0.717) is 4.42 Å². The summed E-state index contributed by atoms with van der Waals surface area (Å²) in [5, 5.41) is 13.7. The molecule has 0 atom stereocenters. The maximum atomic E-state index is 11.9. The Morgan fingerprint density at radius 1 is 1.41 bits per heavy atom. The summed E-state index contributed by atoms with van der Waals surface area (Å²) in [6, 6.07) is 2.14. The van der Waals surface area contributed by atoms with Gasteiger partial charge in [0.1, 0.15) is 5.02 Å². The monoisotopic (exact) mass is 345 g/mol. The molecule has 9 nitrogen and oxygen atoms in total. The third-order valence-electron chi connectivity index (χ3n) is 2.60. The summed E-state index contributed by atoms with van der Waals surface area (Å²) in [6.45, 7) is 1.02. The van der Waals surface area contributed by atoms with Gasteiger partial charge in [0.25, 0.3) is 11.5 Å². The van der Waals surface area contributed by atoms with Crippen molar-refractivity contribution in [3.8, 4) is 0 Å². The van der Waals surface area contributed by atoms with Gasteiger partial charge in [0.2, 0.25) is 0 Å². The van der Waals surface area contributed by atoms with Crippen LogP contribution in [0.25, 0.3) is 0 Å². The number of Topliss-reactive ketones (excluding diaryl/α,β-unsaturated/α-hetero) is 1. The van der Waals surface area contributed by atoms with E-state index in [1.54, 1.807) is 0 Å². The molecule has 22 heavy (non-hydrogen) atoms. The van der Waals surface area contributed by atoms with Gasteiger partial charge in [-0.3, -0.25) is 19.7 Å². The fourth-order valence-corrected chi connectivity index (χ4v) is 2.23. The van der Waals surface area contributed by atoms with E-state index >= 15 is 0 Å². The molecule has 1 aliphatic heterocycles. The maximum Gasteiger partial charge on any atom is 0.332 e. The Morgan fingerprint density at radius 2 is 2.05 bits per heavy atom. The highest BCUT2D eigenvalue weighted by Crippen LogP contribution is 2.39. The van der Waals surface area contributed by atoms with E-state index in [4.69, 9.17) is 23.4 Å². The number of hydrogen-bond donors (Lipinski definition) is 0. The number of hydrogen-bond acceptors (Lipinski definition) is 7. The number of anilines is 1. The lowest BCUT2D eigenvalue weighted by atomic mass is 9.99. The zero-order chi connectivity index (χ0) is 16.6. The number of oxime groups is 1. The zero-order valence-electron chi connectivity index (χ0n) is 10.7. The van der Waals surface area contributed by atoms with Gasteiger partial charge in [-0.25, -0.2) is 9.21 Å². The molecule has 1 aromatic rings. The van der Waals surface area contributed by atoms with Crippen LogP contribution in [-0.4, -0.2) is 28.3 Å². The largest absolute Gasteiger partial charge is 0.332 e. The number of benzene rings is 1. The van der Waals surface area contributed by atoms with Gasteiger partial charge in [0, 0.05) is 24.8 Å². The molecule has 0 saturated carbocycles. The Labute approximate surface area is 132 Å². The first-order chi connectivity index (χ1) is 10.3. The molecule has 0 spiro atoms. The van der Waals surface area contributed by atoms with Crippen LogP contribution in [0.2, 0.25) is 5.02 Å². The molecule has 0 saturated heterocycles. The molecule has 0 radical (unpaired) electrons. The number of nitro benzene ring substituents is 1. The summed E-state index contributed by atoms with van der Waals surface area (Å²) in [5.41, 5.74) is -1.52. The molecule has 0 aromatic heterocycles. The van der Waals surface area contributed by atoms with Crippen molar-refractivity contribution in [1.29, 1.82) is 0 Å². The van der Waals surface area contributed by atoms with Crippen LogP contribution in [0.5, 0.6) is 0 Å². The second-order valence-corrected chi connectivity index (χ2v) is 4.70. The molecule has 1 heterocycles. The lowest BCUT2D eigenvalue weighted by molar-refractivity contribution is -0.384. The number of nitrogens with zero attached hydrogens (tertiary/aromatic N) is 3. The highest BCUT2D eigenvalue weighted by Gasteiger charge is 2.40. The van der Waals surface area contributed by atoms with E-state index in [2.05, 4.69) is 9.99 Å². The van der Waals surface area contributed by atoms with Crippen molar-refractivity contribution in [3.63, 3.8) is 0 Å². The van der Waals surface area contributed by atoms with Crippen LogP contribution in [0.3, 0.4) is 0 Å². The minimum Gasteiger partial charge on any atom is -0.318 e. The number of nitro groups is 1. The highest BCUT2D eigenvalue weighted by molar-refractivity contribution is 6.76. The van der Waals surface area contributed by atoms with Crippen molar-refractivity contribution in [2.24, 2.45) is 5.16 Å². The van der Waals surface area contributed by atoms with Crippen molar-refractivity contribution in [1.82, 2.24) is 0 Å². The lowest BCUT2D eigenvalue weighted by Crippen LogP contribution is -2.40. The third kappa shape index (κ3) is 2.51. The summed E-state index contributed by atoms with van der Waals surface area (Å²) in [6.07, 6.45) is 0. The number of amides is 1. The topological polar surface area (TPSA) is 119 Å².